The third-order valence-electron chi connectivity index (χ3n) is 7.17. The first-order valence-corrected chi connectivity index (χ1v) is 11.9. The van der Waals surface area contributed by atoms with E-state index in [1.54, 1.807) is 12.1 Å². The largest absolute Gasteiger partial charge is 0.328 e. The summed E-state index contributed by atoms with van der Waals surface area (Å²) in [6, 6.07) is 15.9. The van der Waals surface area contributed by atoms with Crippen molar-refractivity contribution in [3.8, 4) is 0 Å². The van der Waals surface area contributed by atoms with Crippen LogP contribution in [-0.2, 0) is 12.8 Å². The van der Waals surface area contributed by atoms with Crippen LogP contribution >= 0.6 is 0 Å². The number of likely N-dealkylation sites (N-methyl/N-ethyl adjacent to an activating group) is 1. The van der Waals surface area contributed by atoms with Gasteiger partial charge in [0.1, 0.15) is 5.82 Å². The van der Waals surface area contributed by atoms with Gasteiger partial charge in [0.15, 0.2) is 0 Å². The molecule has 1 aliphatic carbocycles. The Bertz CT molecular complexity index is 1160. The maximum atomic E-state index is 14.3. The van der Waals surface area contributed by atoms with Crippen LogP contribution in [0.5, 0.6) is 0 Å². The number of likely N-dealkylation sites (tertiary alicyclic amines) is 1. The van der Waals surface area contributed by atoms with Crippen LogP contribution in [0.1, 0.15) is 35.1 Å². The van der Waals surface area contributed by atoms with Crippen molar-refractivity contribution in [2.45, 2.75) is 25.7 Å². The number of aryl methyl sites for hydroxylation is 2. The first kappa shape index (κ1) is 21.9. The van der Waals surface area contributed by atoms with Crippen molar-refractivity contribution < 1.29 is 4.39 Å². The second-order valence-electron chi connectivity index (χ2n) is 9.74. The summed E-state index contributed by atoms with van der Waals surface area (Å²) in [5.74, 6) is 0.706. The lowest BCUT2D eigenvalue weighted by Crippen LogP contribution is -2.48. The van der Waals surface area contributed by atoms with Crippen LogP contribution in [-0.4, -0.2) is 55.1 Å². The number of hydrogen-bond donors (Lipinski definition) is 0. The predicted molar refractivity (Wildman–Crippen MR) is 132 cm³/mol. The van der Waals surface area contributed by atoms with Gasteiger partial charge >= 0.3 is 5.95 Å². The van der Waals surface area contributed by atoms with Gasteiger partial charge in [0.25, 0.3) is 0 Å². The Kier molecular flexibility index (Phi) is 6.09. The number of nitrogens with zero attached hydrogens (tertiary/aromatic N) is 4. The van der Waals surface area contributed by atoms with Crippen LogP contribution in [0.25, 0.3) is 5.57 Å². The zero-order chi connectivity index (χ0) is 22.8. The highest BCUT2D eigenvalue weighted by Crippen LogP contribution is 2.38. The van der Waals surface area contributed by atoms with Gasteiger partial charge in [-0.15, -0.1) is 0 Å². The average Bonchev–Trinajstić information content (AvgIpc) is 3.00. The van der Waals surface area contributed by atoms with Crippen molar-refractivity contribution in [2.75, 3.05) is 40.3 Å². The lowest BCUT2D eigenvalue weighted by Gasteiger charge is -2.33. The first-order chi connectivity index (χ1) is 16.0. The molecule has 2 heterocycles. The van der Waals surface area contributed by atoms with Crippen LogP contribution < -0.4 is 4.48 Å². The second-order valence-corrected chi connectivity index (χ2v) is 9.74. The van der Waals surface area contributed by atoms with Gasteiger partial charge < -0.3 is 0 Å². The summed E-state index contributed by atoms with van der Waals surface area (Å²) < 4.78 is 15.0. The van der Waals surface area contributed by atoms with E-state index in [1.807, 2.05) is 24.5 Å². The molecule has 2 aromatic carbocycles. The van der Waals surface area contributed by atoms with Crippen LogP contribution in [0.2, 0.25) is 0 Å². The molecular formula is C28H32FN4+. The Labute approximate surface area is 196 Å². The van der Waals surface area contributed by atoms with E-state index in [0.29, 0.717) is 4.48 Å². The highest BCUT2D eigenvalue weighted by Gasteiger charge is 2.27. The number of aromatic nitrogens is 2. The number of benzene rings is 2. The lowest BCUT2D eigenvalue weighted by atomic mass is 9.86. The van der Waals surface area contributed by atoms with Gasteiger partial charge in [0, 0.05) is 32.0 Å². The fourth-order valence-electron chi connectivity index (χ4n) is 5.17. The van der Waals surface area contributed by atoms with Crippen LogP contribution in [0, 0.1) is 5.82 Å². The predicted octanol–water partition coefficient (Wildman–Crippen LogP) is 4.88. The smallest absolute Gasteiger partial charge is 0.297 e. The molecule has 2 aliphatic rings. The molecule has 4 nitrogen and oxygen atoms in total. The maximum Gasteiger partial charge on any atom is 0.328 e. The quantitative estimate of drug-likeness (QED) is 0.538. The number of piperidine rings is 1. The minimum atomic E-state index is -0.146. The lowest BCUT2D eigenvalue weighted by molar-refractivity contribution is 0.225. The van der Waals surface area contributed by atoms with Gasteiger partial charge in [-0.1, -0.05) is 35.9 Å². The van der Waals surface area contributed by atoms with E-state index in [1.165, 1.54) is 27.8 Å². The summed E-state index contributed by atoms with van der Waals surface area (Å²) >= 11 is 0. The summed E-state index contributed by atoms with van der Waals surface area (Å²) in [7, 11) is 4.33. The molecule has 0 N–H and O–H groups in total. The molecule has 0 bridgehead atoms. The normalized spacial score (nSPS) is 16.8. The van der Waals surface area contributed by atoms with Crippen LogP contribution in [0.4, 0.5) is 10.3 Å². The molecule has 1 aliphatic heterocycles. The third-order valence-corrected chi connectivity index (χ3v) is 7.17. The van der Waals surface area contributed by atoms with E-state index in [9.17, 15) is 4.39 Å². The zero-order valence-electron chi connectivity index (χ0n) is 19.6. The van der Waals surface area contributed by atoms with Gasteiger partial charge in [-0.05, 0) is 71.7 Å². The van der Waals surface area contributed by atoms with Crippen molar-refractivity contribution in [2.24, 2.45) is 0 Å². The van der Waals surface area contributed by atoms with Crippen molar-refractivity contribution in [3.63, 3.8) is 0 Å². The molecule has 0 atom stereocenters. The van der Waals surface area contributed by atoms with E-state index in [4.69, 9.17) is 0 Å². The number of hydrogen-bond acceptors (Lipinski definition) is 3. The van der Waals surface area contributed by atoms with Gasteiger partial charge in [-0.25, -0.2) is 4.39 Å². The number of fused-ring (bicyclic) bond motifs is 2. The molecule has 5 heteroatoms. The summed E-state index contributed by atoms with van der Waals surface area (Å²) in [6.07, 6.45) is 7.64. The zero-order valence-corrected chi connectivity index (χ0v) is 19.6. The van der Waals surface area contributed by atoms with Gasteiger partial charge in [-0.3, -0.25) is 9.38 Å². The molecule has 5 rings (SSSR count). The Morgan fingerprint density at radius 1 is 0.848 bits per heavy atom. The molecule has 0 spiro atoms. The highest BCUT2D eigenvalue weighted by molar-refractivity contribution is 5.86. The number of rotatable bonds is 4. The van der Waals surface area contributed by atoms with E-state index in [2.05, 4.69) is 53.2 Å². The summed E-state index contributed by atoms with van der Waals surface area (Å²) in [4.78, 5) is 11.4. The molecule has 0 radical (unpaired) electrons. The Balaban J connectivity index is 1.37. The molecule has 0 unspecified atom stereocenters. The topological polar surface area (TPSA) is 29.0 Å². The molecule has 0 saturated carbocycles. The first-order valence-electron chi connectivity index (χ1n) is 11.9. The fourth-order valence-corrected chi connectivity index (χ4v) is 5.17. The summed E-state index contributed by atoms with van der Waals surface area (Å²) in [5, 5.41) is 0. The van der Waals surface area contributed by atoms with E-state index < -0.39 is 0 Å². The van der Waals surface area contributed by atoms with Gasteiger partial charge in [0.2, 0.25) is 0 Å². The minimum absolute atomic E-state index is 0.146. The Morgan fingerprint density at radius 2 is 1.55 bits per heavy atom. The van der Waals surface area contributed by atoms with Crippen LogP contribution in [0.15, 0.2) is 66.5 Å². The van der Waals surface area contributed by atoms with Crippen molar-refractivity contribution >= 4 is 11.5 Å². The molecule has 1 saturated heterocycles. The standard InChI is InChI=1S/C28H32FN4/c1-33(2,28-30-14-5-15-31-28)19-18-32-16-12-23(13-17-32)27-25-7-4-3-6-21(25)8-9-22-10-11-24(29)20-26(22)27/h3-7,10-11,14-15,20H,8-9,12-13,16-19H2,1-2H3/q+1. The fraction of sp³-hybridized carbons (Fsp3) is 0.357. The summed E-state index contributed by atoms with van der Waals surface area (Å²) in [5.41, 5.74) is 7.78. The summed E-state index contributed by atoms with van der Waals surface area (Å²) in [6.45, 7) is 4.03. The molecule has 33 heavy (non-hydrogen) atoms. The SMILES string of the molecule is C[N+](C)(CCN1CCC(=C2c3ccccc3CCc3ccc(F)cc32)CC1)c1ncccn1. The molecule has 170 valence electrons. The second kappa shape index (κ2) is 9.16. The van der Waals surface area contributed by atoms with Gasteiger partial charge in [0.05, 0.1) is 20.6 Å². The maximum absolute atomic E-state index is 14.3. The number of halogens is 1. The molecule has 0 amide bonds. The minimum Gasteiger partial charge on any atom is -0.297 e. The van der Waals surface area contributed by atoms with E-state index in [0.717, 1.165) is 63.4 Å². The van der Waals surface area contributed by atoms with Crippen molar-refractivity contribution in [3.05, 3.63) is 94.6 Å². The van der Waals surface area contributed by atoms with Crippen molar-refractivity contribution in [1.82, 2.24) is 19.4 Å². The average molecular weight is 444 g/mol. The molecule has 3 aromatic rings. The Hall–Kier alpha value is -2.89. The van der Waals surface area contributed by atoms with E-state index >= 15 is 0 Å². The van der Waals surface area contributed by atoms with Gasteiger partial charge in [-0.2, -0.15) is 9.97 Å². The molecule has 1 fully saturated rings. The Morgan fingerprint density at radius 3 is 2.30 bits per heavy atom. The molecule has 1 aromatic heterocycles. The third kappa shape index (κ3) is 4.61. The van der Waals surface area contributed by atoms with Crippen LogP contribution in [0.3, 0.4) is 0 Å². The molecular weight excluding hydrogens is 411 g/mol. The monoisotopic (exact) mass is 443 g/mol. The van der Waals surface area contributed by atoms with Crippen molar-refractivity contribution in [1.29, 1.82) is 0 Å². The van der Waals surface area contributed by atoms with E-state index in [-0.39, 0.29) is 5.82 Å². The number of quaternary nitrogens is 1. The highest BCUT2D eigenvalue weighted by atomic mass is 19.1.